The van der Waals surface area contributed by atoms with E-state index in [0.717, 1.165) is 28.2 Å². The average Bonchev–Trinajstić information content (AvgIpc) is 2.94. The molecule has 10 nitrogen and oxygen atoms in total. The monoisotopic (exact) mass is 544 g/mol. The van der Waals surface area contributed by atoms with Crippen molar-refractivity contribution in [3.8, 4) is 11.5 Å². The molecule has 0 spiro atoms. The van der Waals surface area contributed by atoms with Gasteiger partial charge in [0.2, 0.25) is 5.95 Å². The van der Waals surface area contributed by atoms with Gasteiger partial charge < -0.3 is 29.9 Å². The molecular formula is C30H36N6O4. The maximum Gasteiger partial charge on any atom is 0.258 e. The van der Waals surface area contributed by atoms with Crippen LogP contribution in [0.4, 0.5) is 11.8 Å². The van der Waals surface area contributed by atoms with E-state index in [9.17, 15) is 9.59 Å². The predicted octanol–water partition coefficient (Wildman–Crippen LogP) is 2.93. The van der Waals surface area contributed by atoms with Crippen molar-refractivity contribution in [2.75, 3.05) is 43.6 Å². The Balaban J connectivity index is 1.48. The fourth-order valence-electron chi connectivity index (χ4n) is 4.91. The second kappa shape index (κ2) is 11.4. The highest BCUT2D eigenvalue weighted by atomic mass is 16.5. The molecular weight excluding hydrogens is 508 g/mol. The van der Waals surface area contributed by atoms with E-state index in [2.05, 4.69) is 20.5 Å². The number of carbonyl (C=O) groups is 2. The number of fused-ring (bicyclic) bond motifs is 7. The third-order valence-corrected chi connectivity index (χ3v) is 7.43. The zero-order chi connectivity index (χ0) is 28.4. The van der Waals surface area contributed by atoms with Gasteiger partial charge in [-0.25, -0.2) is 4.98 Å². The molecule has 2 atom stereocenters. The van der Waals surface area contributed by atoms with E-state index >= 15 is 0 Å². The van der Waals surface area contributed by atoms with Crippen LogP contribution in [0.5, 0.6) is 11.5 Å². The summed E-state index contributed by atoms with van der Waals surface area (Å²) in [5.74, 6) is 2.24. The van der Waals surface area contributed by atoms with Crippen molar-refractivity contribution in [3.63, 3.8) is 0 Å². The maximum absolute atomic E-state index is 13.5. The quantitative estimate of drug-likeness (QED) is 0.507. The number of aromatic nitrogens is 2. The van der Waals surface area contributed by atoms with Crippen molar-refractivity contribution in [2.24, 2.45) is 0 Å². The van der Waals surface area contributed by atoms with E-state index in [4.69, 9.17) is 14.5 Å². The predicted molar refractivity (Wildman–Crippen MR) is 153 cm³/mol. The van der Waals surface area contributed by atoms with E-state index in [0.29, 0.717) is 49.1 Å². The van der Waals surface area contributed by atoms with Crippen molar-refractivity contribution < 1.29 is 19.1 Å². The summed E-state index contributed by atoms with van der Waals surface area (Å²) in [5, 5.41) is 6.09. The maximum atomic E-state index is 13.5. The van der Waals surface area contributed by atoms with Crippen LogP contribution in [-0.4, -0.2) is 67.7 Å². The summed E-state index contributed by atoms with van der Waals surface area (Å²) in [4.78, 5) is 39.5. The minimum atomic E-state index is -0.317. The Labute approximate surface area is 234 Å². The molecule has 1 fully saturated rings. The molecule has 0 saturated carbocycles. The Bertz CT molecular complexity index is 1410. The number of rotatable bonds is 2. The first-order chi connectivity index (χ1) is 19.2. The number of piperidine rings is 1. The van der Waals surface area contributed by atoms with Gasteiger partial charge in [0.15, 0.2) is 6.61 Å². The first-order valence-electron chi connectivity index (χ1n) is 13.5. The van der Waals surface area contributed by atoms with Crippen molar-refractivity contribution in [1.82, 2.24) is 20.6 Å². The van der Waals surface area contributed by atoms with Crippen molar-refractivity contribution in [3.05, 3.63) is 70.4 Å². The molecule has 10 heteroatoms. The molecule has 210 valence electrons. The second-order valence-corrected chi connectivity index (χ2v) is 10.6. The lowest BCUT2D eigenvalue weighted by atomic mass is 10.00. The summed E-state index contributed by atoms with van der Waals surface area (Å²) >= 11 is 0. The highest BCUT2D eigenvalue weighted by molar-refractivity contribution is 5.95. The number of hydrogen-bond donors (Lipinski definition) is 2. The van der Waals surface area contributed by atoms with Gasteiger partial charge in [-0.05, 0) is 56.2 Å². The van der Waals surface area contributed by atoms with Crippen LogP contribution in [0.25, 0.3) is 0 Å². The molecule has 3 aromatic rings. The van der Waals surface area contributed by atoms with Gasteiger partial charge >= 0.3 is 0 Å². The number of ether oxygens (including phenoxy) is 2. The molecule has 4 heterocycles. The van der Waals surface area contributed by atoms with Gasteiger partial charge in [0.05, 0.1) is 6.04 Å². The van der Waals surface area contributed by atoms with Crippen LogP contribution < -0.4 is 29.9 Å². The highest BCUT2D eigenvalue weighted by Crippen LogP contribution is 2.28. The van der Waals surface area contributed by atoms with E-state index in [1.165, 1.54) is 0 Å². The molecule has 40 heavy (non-hydrogen) atoms. The topological polar surface area (TPSA) is 109 Å². The molecule has 4 bridgehead atoms. The Morgan fingerprint density at radius 3 is 2.55 bits per heavy atom. The average molecular weight is 545 g/mol. The number of aryl methyl sites for hydroxylation is 2. The lowest BCUT2D eigenvalue weighted by molar-refractivity contribution is -0.123. The Hall–Kier alpha value is -4.34. The molecule has 2 N–H and O–H groups in total. The van der Waals surface area contributed by atoms with Gasteiger partial charge in [0.25, 0.3) is 11.8 Å². The van der Waals surface area contributed by atoms with Gasteiger partial charge in [-0.1, -0.05) is 18.2 Å². The standard InChI is InChI=1S/C30H36N6O4/c1-18-6-9-22-14-26(18)39-17-27(37)31-15-21-7-10-23(11-8-21)40-25-12-13-36(16-24(25)33-29(22)38)28-19(2)20(3)32-30(34-28)35(4)5/h6-11,14,24-25H,12-13,15-17H2,1-5H3,(H,31,37)(H,33,38)/t24-,25-/m0/s1. The van der Waals surface area contributed by atoms with Crippen LogP contribution in [0.2, 0.25) is 0 Å². The molecule has 3 aliphatic rings. The summed E-state index contributed by atoms with van der Waals surface area (Å²) < 4.78 is 12.2. The van der Waals surface area contributed by atoms with Gasteiger partial charge in [0.1, 0.15) is 23.4 Å². The molecule has 2 amide bonds. The van der Waals surface area contributed by atoms with Crippen LogP contribution in [0.1, 0.15) is 39.2 Å². The summed E-state index contributed by atoms with van der Waals surface area (Å²) in [6.07, 6.45) is 0.435. The number of carbonyl (C=O) groups excluding carboxylic acids is 2. The van der Waals surface area contributed by atoms with Gasteiger partial charge in [0, 0.05) is 57.0 Å². The zero-order valence-electron chi connectivity index (χ0n) is 23.7. The molecule has 0 radical (unpaired) electrons. The van der Waals surface area contributed by atoms with Crippen LogP contribution in [0.3, 0.4) is 0 Å². The third-order valence-electron chi connectivity index (χ3n) is 7.43. The molecule has 0 unspecified atom stereocenters. The Morgan fingerprint density at radius 1 is 1.02 bits per heavy atom. The summed E-state index contributed by atoms with van der Waals surface area (Å²) in [7, 11) is 3.85. The van der Waals surface area contributed by atoms with E-state index < -0.39 is 0 Å². The third kappa shape index (κ3) is 5.95. The first kappa shape index (κ1) is 27.2. The zero-order valence-corrected chi connectivity index (χ0v) is 23.7. The fraction of sp³-hybridized carbons (Fsp3) is 0.400. The van der Waals surface area contributed by atoms with Crippen molar-refractivity contribution in [2.45, 2.75) is 45.9 Å². The van der Waals surface area contributed by atoms with Crippen LogP contribution in [0, 0.1) is 20.8 Å². The van der Waals surface area contributed by atoms with E-state index in [-0.39, 0.29) is 30.6 Å². The molecule has 3 aliphatic heterocycles. The van der Waals surface area contributed by atoms with Gasteiger partial charge in [-0.3, -0.25) is 9.59 Å². The fourth-order valence-corrected chi connectivity index (χ4v) is 4.91. The molecule has 2 aromatic carbocycles. The summed E-state index contributed by atoms with van der Waals surface area (Å²) in [6.45, 7) is 7.38. The van der Waals surface area contributed by atoms with Gasteiger partial charge in [-0.15, -0.1) is 0 Å². The van der Waals surface area contributed by atoms with Crippen molar-refractivity contribution >= 4 is 23.6 Å². The Morgan fingerprint density at radius 2 is 1.80 bits per heavy atom. The number of anilines is 2. The number of benzene rings is 2. The highest BCUT2D eigenvalue weighted by Gasteiger charge is 2.34. The lowest BCUT2D eigenvalue weighted by Gasteiger charge is -2.40. The van der Waals surface area contributed by atoms with Crippen LogP contribution >= 0.6 is 0 Å². The molecule has 0 aliphatic carbocycles. The number of amides is 2. The largest absolute Gasteiger partial charge is 0.488 e. The van der Waals surface area contributed by atoms with Crippen molar-refractivity contribution in [1.29, 1.82) is 0 Å². The number of hydrogen-bond acceptors (Lipinski definition) is 8. The second-order valence-electron chi connectivity index (χ2n) is 10.6. The van der Waals surface area contributed by atoms with Crippen LogP contribution in [0.15, 0.2) is 42.5 Å². The minimum Gasteiger partial charge on any atom is -0.488 e. The summed E-state index contributed by atoms with van der Waals surface area (Å²) in [6, 6.07) is 12.6. The number of nitrogens with zero attached hydrogens (tertiary/aromatic N) is 4. The van der Waals surface area contributed by atoms with Gasteiger partial charge in [-0.2, -0.15) is 4.98 Å². The van der Waals surface area contributed by atoms with Crippen LogP contribution in [-0.2, 0) is 11.3 Å². The number of nitrogens with one attached hydrogen (secondary N) is 2. The Kier molecular flexibility index (Phi) is 7.77. The minimum absolute atomic E-state index is 0.139. The smallest absolute Gasteiger partial charge is 0.258 e. The SMILES string of the molecule is Cc1ccc2cc1OCC(=O)NCc1ccc(cc1)O[C@H]1CCN(c3nc(N(C)C)nc(C)c3C)C[C@@H]1NC2=O. The normalized spacial score (nSPS) is 19.5. The summed E-state index contributed by atoms with van der Waals surface area (Å²) in [5.41, 5.74) is 4.18. The molecule has 1 saturated heterocycles. The molecule has 6 rings (SSSR count). The lowest BCUT2D eigenvalue weighted by Crippen LogP contribution is -2.57. The van der Waals surface area contributed by atoms with E-state index in [1.807, 2.05) is 70.1 Å². The molecule has 1 aromatic heterocycles. The van der Waals surface area contributed by atoms with E-state index in [1.54, 1.807) is 12.1 Å². The first-order valence-corrected chi connectivity index (χ1v) is 13.5.